The van der Waals surface area contributed by atoms with Gasteiger partial charge in [-0.2, -0.15) is 4.98 Å². The van der Waals surface area contributed by atoms with Crippen LogP contribution in [0.3, 0.4) is 0 Å². The van der Waals surface area contributed by atoms with Crippen LogP contribution < -0.4 is 21.7 Å². The van der Waals surface area contributed by atoms with Gasteiger partial charge in [0.25, 0.3) is 11.8 Å². The Morgan fingerprint density at radius 3 is 2.69 bits per heavy atom. The smallest absolute Gasteiger partial charge is 0.254 e. The summed E-state index contributed by atoms with van der Waals surface area (Å²) in [7, 11) is 0. The van der Waals surface area contributed by atoms with Gasteiger partial charge in [-0.05, 0) is 31.0 Å². The van der Waals surface area contributed by atoms with Crippen LogP contribution in [0.2, 0.25) is 5.02 Å². The van der Waals surface area contributed by atoms with Gasteiger partial charge < -0.3 is 31.3 Å². The minimum atomic E-state index is -0.666. The first-order valence-electron chi connectivity index (χ1n) is 10.5. The highest BCUT2D eigenvalue weighted by Crippen LogP contribution is 2.26. The Hall–Kier alpha value is -2.95. The molecule has 1 atom stereocenters. The van der Waals surface area contributed by atoms with Crippen LogP contribution in [0.1, 0.15) is 33.6 Å². The Bertz CT molecular complexity index is 1010. The molecule has 2 aliphatic rings. The van der Waals surface area contributed by atoms with Gasteiger partial charge in [0.15, 0.2) is 0 Å². The third-order valence-corrected chi connectivity index (χ3v) is 5.71. The second-order valence-electron chi connectivity index (χ2n) is 7.90. The maximum Gasteiger partial charge on any atom is 0.254 e. The van der Waals surface area contributed by atoms with Crippen LogP contribution in [0.4, 0.5) is 17.5 Å². The number of ether oxygens (including phenoxy) is 1. The molecule has 32 heavy (non-hydrogen) atoms. The first-order chi connectivity index (χ1) is 15.4. The number of aromatic nitrogens is 2. The summed E-state index contributed by atoms with van der Waals surface area (Å²) in [5.41, 5.74) is 12.7. The van der Waals surface area contributed by atoms with Gasteiger partial charge in [0.05, 0.1) is 13.2 Å². The lowest BCUT2D eigenvalue weighted by Crippen LogP contribution is -2.43. The number of hydrogen-bond donors (Lipinski definition) is 3. The van der Waals surface area contributed by atoms with Gasteiger partial charge in [-0.25, -0.2) is 4.98 Å². The maximum atomic E-state index is 12.9. The quantitative estimate of drug-likeness (QED) is 0.609. The number of nitrogens with zero attached hydrogens (tertiary/aromatic N) is 4. The summed E-state index contributed by atoms with van der Waals surface area (Å²) in [6, 6.07) is 4.98. The molecule has 2 fully saturated rings. The highest BCUT2D eigenvalue weighted by Gasteiger charge is 2.22. The molecule has 11 heteroatoms. The molecule has 0 radical (unpaired) electrons. The molecule has 0 spiro atoms. The van der Waals surface area contributed by atoms with Gasteiger partial charge in [-0.1, -0.05) is 11.6 Å². The van der Waals surface area contributed by atoms with E-state index in [1.54, 1.807) is 23.1 Å². The molecule has 10 nitrogen and oxygen atoms in total. The number of nitrogens with two attached hydrogens (primary N) is 2. The van der Waals surface area contributed by atoms with Crippen LogP contribution in [-0.2, 0) is 4.74 Å². The van der Waals surface area contributed by atoms with Crippen molar-refractivity contribution in [3.63, 3.8) is 0 Å². The van der Waals surface area contributed by atoms with E-state index in [1.807, 2.05) is 4.90 Å². The highest BCUT2D eigenvalue weighted by molar-refractivity contribution is 6.31. The molecular weight excluding hydrogens is 434 g/mol. The first-order valence-corrected chi connectivity index (χ1v) is 10.9. The van der Waals surface area contributed by atoms with Crippen molar-refractivity contribution >= 4 is 40.9 Å². The fourth-order valence-corrected chi connectivity index (χ4v) is 4.10. The van der Waals surface area contributed by atoms with Crippen molar-refractivity contribution < 1.29 is 14.3 Å². The number of morpholine rings is 1. The van der Waals surface area contributed by atoms with Gasteiger partial charge in [-0.15, -0.1) is 0 Å². The topological polar surface area (TPSA) is 140 Å². The minimum absolute atomic E-state index is 0.0428. The van der Waals surface area contributed by atoms with Crippen LogP contribution in [0.5, 0.6) is 0 Å². The number of amides is 2. The van der Waals surface area contributed by atoms with Crippen molar-refractivity contribution in [2.24, 2.45) is 11.5 Å². The zero-order valence-corrected chi connectivity index (χ0v) is 18.3. The number of hydrogen-bond acceptors (Lipinski definition) is 8. The second kappa shape index (κ2) is 9.68. The average molecular weight is 460 g/mol. The van der Waals surface area contributed by atoms with Crippen LogP contribution in [0.15, 0.2) is 24.4 Å². The maximum absolute atomic E-state index is 12.9. The molecular formula is C21H26ClN7O3. The lowest BCUT2D eigenvalue weighted by atomic mass is 10.1. The van der Waals surface area contributed by atoms with Crippen molar-refractivity contribution in [3.05, 3.63) is 40.5 Å². The number of rotatable bonds is 5. The molecule has 2 saturated heterocycles. The molecule has 170 valence electrons. The van der Waals surface area contributed by atoms with E-state index in [0.717, 1.165) is 19.4 Å². The van der Waals surface area contributed by atoms with Gasteiger partial charge in [-0.3, -0.25) is 9.59 Å². The van der Waals surface area contributed by atoms with E-state index in [-0.39, 0.29) is 23.3 Å². The summed E-state index contributed by atoms with van der Waals surface area (Å²) in [5, 5.41) is 3.47. The van der Waals surface area contributed by atoms with Gasteiger partial charge in [0.1, 0.15) is 11.4 Å². The zero-order valence-electron chi connectivity index (χ0n) is 17.6. The Morgan fingerprint density at radius 2 is 1.97 bits per heavy atom. The highest BCUT2D eigenvalue weighted by atomic mass is 35.5. The normalized spacial score (nSPS) is 19.0. The van der Waals surface area contributed by atoms with Crippen molar-refractivity contribution in [2.45, 2.75) is 18.9 Å². The minimum Gasteiger partial charge on any atom is -0.378 e. The Labute approximate surface area is 190 Å². The Kier molecular flexibility index (Phi) is 6.73. The molecule has 0 aliphatic carbocycles. The number of carbonyl (C=O) groups excluding carboxylic acids is 2. The molecule has 4 rings (SSSR count). The predicted molar refractivity (Wildman–Crippen MR) is 121 cm³/mol. The van der Waals surface area contributed by atoms with Crippen molar-refractivity contribution in [3.8, 4) is 0 Å². The summed E-state index contributed by atoms with van der Waals surface area (Å²) in [6.07, 6.45) is 3.28. The Balaban J connectivity index is 1.62. The van der Waals surface area contributed by atoms with Crippen LogP contribution in [-0.4, -0.2) is 72.1 Å². The molecule has 0 saturated carbocycles. The number of anilines is 3. The molecule has 2 aromatic rings. The molecule has 3 heterocycles. The number of primary amides is 1. The monoisotopic (exact) mass is 459 g/mol. The third kappa shape index (κ3) is 5.09. The van der Waals surface area contributed by atoms with Crippen LogP contribution in [0.25, 0.3) is 0 Å². The lowest BCUT2D eigenvalue weighted by molar-refractivity contribution is 0.0303. The summed E-state index contributed by atoms with van der Waals surface area (Å²) >= 11 is 6.29. The van der Waals surface area contributed by atoms with E-state index in [4.69, 9.17) is 27.8 Å². The van der Waals surface area contributed by atoms with E-state index < -0.39 is 5.91 Å². The van der Waals surface area contributed by atoms with Crippen molar-refractivity contribution in [2.75, 3.05) is 49.6 Å². The van der Waals surface area contributed by atoms with Crippen LogP contribution >= 0.6 is 11.6 Å². The SMILES string of the molecule is NC(=O)c1cnc(N2CCCC(N)C2)nc1Nc1cc(Cl)cc(C(=O)N2CCOCC2)c1. The lowest BCUT2D eigenvalue weighted by Gasteiger charge is -2.31. The van der Waals surface area contributed by atoms with E-state index in [0.29, 0.717) is 55.1 Å². The fourth-order valence-electron chi connectivity index (χ4n) is 3.86. The summed E-state index contributed by atoms with van der Waals surface area (Å²) < 4.78 is 5.31. The van der Waals surface area contributed by atoms with Crippen molar-refractivity contribution in [1.82, 2.24) is 14.9 Å². The molecule has 2 aliphatic heterocycles. The molecule has 2 amide bonds. The molecule has 1 aromatic carbocycles. The molecule has 1 unspecified atom stereocenters. The number of halogens is 1. The number of carbonyl (C=O) groups is 2. The number of piperidine rings is 1. The zero-order chi connectivity index (χ0) is 22.7. The van der Waals surface area contributed by atoms with Gasteiger partial charge >= 0.3 is 0 Å². The largest absolute Gasteiger partial charge is 0.378 e. The summed E-state index contributed by atoms with van der Waals surface area (Å²) in [4.78, 5) is 37.4. The fraction of sp³-hybridized carbons (Fsp3) is 0.429. The van der Waals surface area contributed by atoms with E-state index >= 15 is 0 Å². The standard InChI is InChI=1S/C21H26ClN7O3/c22-14-8-13(20(31)28-4-6-32-7-5-28)9-16(10-14)26-19-17(18(24)30)11-25-21(27-19)29-3-1-2-15(23)12-29/h8-11,15H,1-7,12,23H2,(H2,24,30)(H,25,26,27). The van der Waals surface area contributed by atoms with Crippen LogP contribution in [0, 0.1) is 0 Å². The third-order valence-electron chi connectivity index (χ3n) is 5.49. The predicted octanol–water partition coefficient (Wildman–Crippen LogP) is 1.37. The van der Waals surface area contributed by atoms with E-state index in [9.17, 15) is 9.59 Å². The van der Waals surface area contributed by atoms with Crippen molar-refractivity contribution in [1.29, 1.82) is 0 Å². The number of nitrogens with one attached hydrogen (secondary N) is 1. The summed E-state index contributed by atoms with van der Waals surface area (Å²) in [5.74, 6) is -0.103. The van der Waals surface area contributed by atoms with Gasteiger partial charge in [0, 0.05) is 54.7 Å². The Morgan fingerprint density at radius 1 is 1.19 bits per heavy atom. The average Bonchev–Trinajstić information content (AvgIpc) is 2.78. The van der Waals surface area contributed by atoms with E-state index in [1.165, 1.54) is 6.20 Å². The van der Waals surface area contributed by atoms with Gasteiger partial charge in [0.2, 0.25) is 5.95 Å². The number of benzene rings is 1. The molecule has 1 aromatic heterocycles. The van der Waals surface area contributed by atoms with E-state index in [2.05, 4.69) is 15.3 Å². The second-order valence-corrected chi connectivity index (χ2v) is 8.34. The molecule has 5 N–H and O–H groups in total. The molecule has 0 bridgehead atoms. The summed E-state index contributed by atoms with van der Waals surface area (Å²) in [6.45, 7) is 3.45. The first kappa shape index (κ1) is 22.3.